The van der Waals surface area contributed by atoms with Crippen molar-refractivity contribution in [2.45, 2.75) is 40.0 Å². The number of ether oxygens (including phenoxy) is 2. The second kappa shape index (κ2) is 8.90. The van der Waals surface area contributed by atoms with E-state index in [0.29, 0.717) is 30.8 Å². The molecule has 0 aliphatic heterocycles. The van der Waals surface area contributed by atoms with Crippen LogP contribution in [0.15, 0.2) is 63.3 Å². The zero-order valence-electron chi connectivity index (χ0n) is 18.2. The third kappa shape index (κ3) is 4.50. The summed E-state index contributed by atoms with van der Waals surface area (Å²) in [6, 6.07) is 8.65. The summed E-state index contributed by atoms with van der Waals surface area (Å²) in [5, 5.41) is 0.848. The van der Waals surface area contributed by atoms with E-state index >= 15 is 0 Å². The Kier molecular flexibility index (Phi) is 6.49. The highest BCUT2D eigenvalue weighted by Crippen LogP contribution is 2.51. The fraction of sp³-hybridized carbons (Fsp3) is 0.440. The van der Waals surface area contributed by atoms with E-state index in [1.54, 1.807) is 12.1 Å². The molecule has 160 valence electrons. The fourth-order valence-corrected chi connectivity index (χ4v) is 4.70. The Bertz CT molecular complexity index is 1030. The van der Waals surface area contributed by atoms with Gasteiger partial charge in [0.2, 0.25) is 0 Å². The number of allylic oxidation sites excluding steroid dienone is 2. The summed E-state index contributed by atoms with van der Waals surface area (Å²) < 4.78 is 16.3. The van der Waals surface area contributed by atoms with E-state index in [9.17, 15) is 9.59 Å². The van der Waals surface area contributed by atoms with Crippen LogP contribution in [0.25, 0.3) is 11.0 Å². The number of carbonyl (C=O) groups is 1. The van der Waals surface area contributed by atoms with Gasteiger partial charge in [0, 0.05) is 29.9 Å². The molecule has 0 amide bonds. The van der Waals surface area contributed by atoms with Gasteiger partial charge in [0.1, 0.15) is 11.3 Å². The van der Waals surface area contributed by atoms with E-state index in [0.717, 1.165) is 17.4 Å². The van der Waals surface area contributed by atoms with Crippen LogP contribution in [0.3, 0.4) is 0 Å². The minimum absolute atomic E-state index is 0.121. The van der Waals surface area contributed by atoms with Crippen LogP contribution >= 0.6 is 0 Å². The van der Waals surface area contributed by atoms with Crippen molar-refractivity contribution in [3.05, 3.63) is 64.6 Å². The van der Waals surface area contributed by atoms with Crippen molar-refractivity contribution < 1.29 is 18.7 Å². The molecule has 0 bridgehead atoms. The predicted octanol–water partition coefficient (Wildman–Crippen LogP) is 5.29. The number of rotatable bonds is 7. The highest BCUT2D eigenvalue weighted by Gasteiger charge is 2.44. The molecule has 3 rings (SSSR count). The Morgan fingerprint density at radius 3 is 2.73 bits per heavy atom. The number of carbonyl (C=O) groups excluding carboxylic acids is 1. The van der Waals surface area contributed by atoms with Crippen molar-refractivity contribution in [2.24, 2.45) is 17.3 Å². The maximum absolute atomic E-state index is 11.9. The van der Waals surface area contributed by atoms with Crippen molar-refractivity contribution in [1.29, 1.82) is 0 Å². The molecule has 1 aliphatic rings. The van der Waals surface area contributed by atoms with Gasteiger partial charge in [-0.2, -0.15) is 0 Å². The minimum atomic E-state index is -0.384. The molecule has 0 fully saturated rings. The van der Waals surface area contributed by atoms with Gasteiger partial charge in [-0.15, -0.1) is 0 Å². The lowest BCUT2D eigenvalue weighted by atomic mass is 9.58. The van der Waals surface area contributed by atoms with Crippen molar-refractivity contribution in [1.82, 2.24) is 0 Å². The lowest BCUT2D eigenvalue weighted by Gasteiger charge is -2.47. The molecular formula is C25H30O5. The Hall–Kier alpha value is -2.82. The minimum Gasteiger partial charge on any atom is -0.493 e. The molecule has 2 aromatic rings. The van der Waals surface area contributed by atoms with Crippen LogP contribution in [0.1, 0.15) is 40.0 Å². The SMILES string of the molecule is C=C(C)C1CC=C(C)C(COc2ccc3ccc(=O)oc3c2)C1(C)CCC(=O)OC. The first kappa shape index (κ1) is 21.9. The summed E-state index contributed by atoms with van der Waals surface area (Å²) in [6.45, 7) is 11.1. The van der Waals surface area contributed by atoms with E-state index in [4.69, 9.17) is 13.9 Å². The molecule has 1 aromatic carbocycles. The third-order valence-corrected chi connectivity index (χ3v) is 6.52. The van der Waals surface area contributed by atoms with Crippen LogP contribution in [-0.4, -0.2) is 19.7 Å². The van der Waals surface area contributed by atoms with E-state index < -0.39 is 0 Å². The fourth-order valence-electron chi connectivity index (χ4n) is 4.70. The maximum atomic E-state index is 11.9. The molecule has 1 heterocycles. The predicted molar refractivity (Wildman–Crippen MR) is 118 cm³/mol. The standard InChI is InChI=1S/C25H30O5/c1-16(2)20-10-6-17(3)21(25(20,4)13-12-23(26)28-5)15-29-19-9-7-18-8-11-24(27)30-22(18)14-19/h6-9,11,14,20-21H,1,10,12-13,15H2,2-5H3. The summed E-state index contributed by atoms with van der Waals surface area (Å²) in [6.07, 6.45) is 4.23. The number of hydrogen-bond donors (Lipinski definition) is 0. The van der Waals surface area contributed by atoms with Gasteiger partial charge in [-0.05, 0) is 56.2 Å². The Balaban J connectivity index is 1.85. The smallest absolute Gasteiger partial charge is 0.336 e. The second-order valence-electron chi connectivity index (χ2n) is 8.48. The molecule has 0 saturated carbocycles. The zero-order valence-corrected chi connectivity index (χ0v) is 18.2. The molecule has 0 spiro atoms. The first-order valence-corrected chi connectivity index (χ1v) is 10.3. The monoisotopic (exact) mass is 410 g/mol. The molecule has 0 radical (unpaired) electrons. The van der Waals surface area contributed by atoms with Crippen molar-refractivity contribution in [3.8, 4) is 5.75 Å². The molecule has 3 unspecified atom stereocenters. The molecule has 5 nitrogen and oxygen atoms in total. The molecule has 1 aliphatic carbocycles. The van der Waals surface area contributed by atoms with Crippen molar-refractivity contribution in [3.63, 3.8) is 0 Å². The molecule has 0 saturated heterocycles. The number of fused-ring (bicyclic) bond motifs is 1. The number of esters is 1. The normalized spacial score (nSPS) is 23.7. The van der Waals surface area contributed by atoms with Crippen LogP contribution in [0, 0.1) is 17.3 Å². The van der Waals surface area contributed by atoms with Gasteiger partial charge in [0.15, 0.2) is 0 Å². The molecule has 3 atom stereocenters. The average Bonchev–Trinajstić information content (AvgIpc) is 2.71. The summed E-state index contributed by atoms with van der Waals surface area (Å²) in [7, 11) is 1.42. The van der Waals surface area contributed by atoms with E-state index in [1.807, 2.05) is 12.1 Å². The summed E-state index contributed by atoms with van der Waals surface area (Å²) in [5.41, 5.74) is 2.31. The van der Waals surface area contributed by atoms with Gasteiger partial charge >= 0.3 is 11.6 Å². The highest BCUT2D eigenvalue weighted by molar-refractivity contribution is 5.77. The topological polar surface area (TPSA) is 65.7 Å². The van der Waals surface area contributed by atoms with Gasteiger partial charge in [-0.3, -0.25) is 4.79 Å². The quantitative estimate of drug-likeness (QED) is 0.352. The van der Waals surface area contributed by atoms with E-state index in [-0.39, 0.29) is 28.8 Å². The number of methoxy groups -OCH3 is 1. The van der Waals surface area contributed by atoms with E-state index in [1.165, 1.54) is 18.7 Å². The number of benzene rings is 1. The van der Waals surface area contributed by atoms with Gasteiger partial charge < -0.3 is 13.9 Å². The average molecular weight is 411 g/mol. The number of hydrogen-bond acceptors (Lipinski definition) is 5. The summed E-state index contributed by atoms with van der Waals surface area (Å²) in [4.78, 5) is 23.4. The molecule has 5 heteroatoms. The van der Waals surface area contributed by atoms with Crippen molar-refractivity contribution >= 4 is 16.9 Å². The van der Waals surface area contributed by atoms with Gasteiger partial charge in [-0.1, -0.05) is 30.7 Å². The van der Waals surface area contributed by atoms with Gasteiger partial charge in [-0.25, -0.2) is 4.79 Å². The lowest BCUT2D eigenvalue weighted by Crippen LogP contribution is -2.42. The highest BCUT2D eigenvalue weighted by atomic mass is 16.5. The van der Waals surface area contributed by atoms with Crippen LogP contribution in [0.5, 0.6) is 5.75 Å². The van der Waals surface area contributed by atoms with Crippen LogP contribution < -0.4 is 10.4 Å². The molecule has 1 aromatic heterocycles. The molecule has 0 N–H and O–H groups in total. The van der Waals surface area contributed by atoms with Gasteiger partial charge in [0.05, 0.1) is 13.7 Å². The van der Waals surface area contributed by atoms with Gasteiger partial charge in [0.25, 0.3) is 0 Å². The first-order valence-electron chi connectivity index (χ1n) is 10.3. The first-order chi connectivity index (χ1) is 14.2. The zero-order chi connectivity index (χ0) is 21.9. The largest absolute Gasteiger partial charge is 0.493 e. The Morgan fingerprint density at radius 1 is 1.30 bits per heavy atom. The summed E-state index contributed by atoms with van der Waals surface area (Å²) in [5.74, 6) is 0.829. The Labute approximate surface area is 177 Å². The van der Waals surface area contributed by atoms with Crippen molar-refractivity contribution in [2.75, 3.05) is 13.7 Å². The lowest BCUT2D eigenvalue weighted by molar-refractivity contribution is -0.141. The maximum Gasteiger partial charge on any atom is 0.336 e. The van der Waals surface area contributed by atoms with Crippen LogP contribution in [-0.2, 0) is 9.53 Å². The molecule has 30 heavy (non-hydrogen) atoms. The summed E-state index contributed by atoms with van der Waals surface area (Å²) >= 11 is 0. The second-order valence-corrected chi connectivity index (χ2v) is 8.48. The van der Waals surface area contributed by atoms with Crippen LogP contribution in [0.2, 0.25) is 0 Å². The van der Waals surface area contributed by atoms with E-state index in [2.05, 4.69) is 33.4 Å². The Morgan fingerprint density at radius 2 is 2.03 bits per heavy atom. The van der Waals surface area contributed by atoms with Crippen LogP contribution in [0.4, 0.5) is 0 Å². The third-order valence-electron chi connectivity index (χ3n) is 6.52. The molecular weight excluding hydrogens is 380 g/mol.